The summed E-state index contributed by atoms with van der Waals surface area (Å²) in [5.74, 6) is 0.245. The lowest BCUT2D eigenvalue weighted by Crippen LogP contribution is -2.27. The van der Waals surface area contributed by atoms with Crippen molar-refractivity contribution in [3.8, 4) is 0 Å². The van der Waals surface area contributed by atoms with Crippen LogP contribution in [0.25, 0.3) is 0 Å². The average molecular weight is 389 g/mol. The Bertz CT molecular complexity index is 875. The molecule has 0 radical (unpaired) electrons. The molecule has 0 bridgehead atoms. The number of nitrogens with one attached hydrogen (secondary N) is 2. The Morgan fingerprint density at radius 1 is 1.15 bits per heavy atom. The minimum absolute atomic E-state index is 0.174. The first-order chi connectivity index (χ1) is 12.6. The molecule has 0 aliphatic heterocycles. The molecule has 0 fully saturated rings. The molecule has 2 heterocycles. The third-order valence-corrected chi connectivity index (χ3v) is 4.59. The fraction of sp³-hybridized carbons (Fsp3) is 0.167. The molecule has 0 aliphatic rings. The summed E-state index contributed by atoms with van der Waals surface area (Å²) in [4.78, 5) is 23.9. The van der Waals surface area contributed by atoms with Crippen LogP contribution in [-0.4, -0.2) is 28.1 Å². The zero-order valence-corrected chi connectivity index (χ0v) is 15.4. The van der Waals surface area contributed by atoms with Crippen molar-refractivity contribution in [3.05, 3.63) is 69.5 Å². The van der Waals surface area contributed by atoms with Crippen LogP contribution in [0.15, 0.2) is 53.4 Å². The van der Waals surface area contributed by atoms with Crippen LogP contribution < -0.4 is 10.6 Å². The summed E-state index contributed by atoms with van der Waals surface area (Å²) in [5.41, 5.74) is 1.63. The van der Waals surface area contributed by atoms with E-state index in [1.165, 1.54) is 11.3 Å². The van der Waals surface area contributed by atoms with Crippen molar-refractivity contribution in [1.29, 1.82) is 0 Å². The molecule has 1 aromatic carbocycles. The minimum atomic E-state index is -0.187. The van der Waals surface area contributed by atoms with E-state index >= 15 is 0 Å². The van der Waals surface area contributed by atoms with E-state index in [4.69, 9.17) is 11.6 Å². The molecule has 6 nitrogen and oxygen atoms in total. The monoisotopic (exact) mass is 388 g/mol. The van der Waals surface area contributed by atoms with E-state index in [0.29, 0.717) is 22.9 Å². The summed E-state index contributed by atoms with van der Waals surface area (Å²) < 4.78 is 1.70. The maximum Gasteiger partial charge on any atom is 0.252 e. The van der Waals surface area contributed by atoms with Gasteiger partial charge in [-0.25, -0.2) is 4.68 Å². The third-order valence-electron chi connectivity index (χ3n) is 3.65. The molecule has 0 unspecified atom stereocenters. The normalized spacial score (nSPS) is 10.5. The molecule has 8 heteroatoms. The molecule has 134 valence electrons. The first-order valence-electron chi connectivity index (χ1n) is 7.98. The molecule has 3 aromatic rings. The number of carbonyl (C=O) groups excluding carboxylic acids is 2. The van der Waals surface area contributed by atoms with Crippen molar-refractivity contribution in [2.24, 2.45) is 0 Å². The van der Waals surface area contributed by atoms with Gasteiger partial charge >= 0.3 is 0 Å². The average Bonchev–Trinajstić information content (AvgIpc) is 3.29. The molecule has 3 rings (SSSR count). The van der Waals surface area contributed by atoms with E-state index < -0.39 is 0 Å². The summed E-state index contributed by atoms with van der Waals surface area (Å²) in [6.07, 6.45) is 1.81. The number of halogens is 1. The lowest BCUT2D eigenvalue weighted by Gasteiger charge is -2.09. The third kappa shape index (κ3) is 4.93. The molecule has 2 N–H and O–H groups in total. The van der Waals surface area contributed by atoms with Crippen molar-refractivity contribution in [2.45, 2.75) is 13.0 Å². The van der Waals surface area contributed by atoms with Gasteiger partial charge in [-0.1, -0.05) is 23.7 Å². The minimum Gasteiger partial charge on any atom is -0.351 e. The number of anilines is 1. The topological polar surface area (TPSA) is 76.0 Å². The van der Waals surface area contributed by atoms with E-state index in [2.05, 4.69) is 15.7 Å². The maximum absolute atomic E-state index is 12.1. The Balaban J connectivity index is 1.49. The molecule has 0 aliphatic carbocycles. The van der Waals surface area contributed by atoms with Crippen LogP contribution in [0.4, 0.5) is 5.82 Å². The predicted octanol–water partition coefficient (Wildman–Crippen LogP) is 3.40. The molecular weight excluding hydrogens is 372 g/mol. The van der Waals surface area contributed by atoms with Gasteiger partial charge in [0.2, 0.25) is 5.91 Å². The van der Waals surface area contributed by atoms with Gasteiger partial charge in [0, 0.05) is 35.0 Å². The maximum atomic E-state index is 12.1. The second-order valence-corrected chi connectivity index (χ2v) is 6.78. The number of hydrogen-bond donors (Lipinski definition) is 2. The first kappa shape index (κ1) is 18.2. The number of aromatic nitrogens is 2. The van der Waals surface area contributed by atoms with Gasteiger partial charge in [0.1, 0.15) is 5.82 Å². The van der Waals surface area contributed by atoms with Crippen LogP contribution >= 0.6 is 22.9 Å². The zero-order chi connectivity index (χ0) is 18.4. The van der Waals surface area contributed by atoms with E-state index in [-0.39, 0.29) is 24.8 Å². The number of rotatable bonds is 7. The second-order valence-electron chi connectivity index (χ2n) is 5.57. The van der Waals surface area contributed by atoms with E-state index in [9.17, 15) is 9.59 Å². The van der Waals surface area contributed by atoms with E-state index in [1.807, 2.05) is 29.6 Å². The fourth-order valence-electron chi connectivity index (χ4n) is 2.32. The Labute approximate surface area is 159 Å². The Hall–Kier alpha value is -2.64. The predicted molar refractivity (Wildman–Crippen MR) is 103 cm³/mol. The van der Waals surface area contributed by atoms with Crippen LogP contribution in [0.1, 0.15) is 22.3 Å². The van der Waals surface area contributed by atoms with Crippen molar-refractivity contribution in [1.82, 2.24) is 15.1 Å². The highest BCUT2D eigenvalue weighted by Gasteiger charge is 2.10. The molecule has 2 amide bonds. The Kier molecular flexibility index (Phi) is 6.04. The largest absolute Gasteiger partial charge is 0.351 e. The van der Waals surface area contributed by atoms with Crippen LogP contribution in [0.2, 0.25) is 5.02 Å². The van der Waals surface area contributed by atoms with Gasteiger partial charge in [-0.05, 0) is 29.1 Å². The lowest BCUT2D eigenvalue weighted by molar-refractivity contribution is -0.116. The van der Waals surface area contributed by atoms with Crippen LogP contribution in [0, 0.1) is 0 Å². The van der Waals surface area contributed by atoms with Gasteiger partial charge in [0.15, 0.2) is 0 Å². The molecule has 0 spiro atoms. The van der Waals surface area contributed by atoms with Gasteiger partial charge in [-0.3, -0.25) is 9.59 Å². The molecule has 0 atom stereocenters. The highest BCUT2D eigenvalue weighted by molar-refractivity contribution is 7.08. The number of amides is 2. The summed E-state index contributed by atoms with van der Waals surface area (Å²) in [6.45, 7) is 0.792. The second kappa shape index (κ2) is 8.64. The van der Waals surface area contributed by atoms with Gasteiger partial charge in [0.25, 0.3) is 5.91 Å². The number of thiophene rings is 1. The molecule has 26 heavy (non-hydrogen) atoms. The number of hydrogen-bond acceptors (Lipinski definition) is 4. The highest BCUT2D eigenvalue weighted by Crippen LogP contribution is 2.13. The Morgan fingerprint density at radius 3 is 2.69 bits per heavy atom. The van der Waals surface area contributed by atoms with E-state index in [1.54, 1.807) is 28.4 Å². The van der Waals surface area contributed by atoms with Gasteiger partial charge in [-0.15, -0.1) is 0 Å². The summed E-state index contributed by atoms with van der Waals surface area (Å²) >= 11 is 7.34. The molecule has 2 aromatic heterocycles. The van der Waals surface area contributed by atoms with Crippen LogP contribution in [0.3, 0.4) is 0 Å². The standard InChI is InChI=1S/C18H17ClN4O2S/c19-15-3-1-13(2-4-15)11-23-16(5-9-21-23)22-17(24)6-8-20-18(25)14-7-10-26-12-14/h1-5,7,9-10,12H,6,8,11H2,(H,20,25)(H,22,24). The van der Waals surface area contributed by atoms with Crippen LogP contribution in [0.5, 0.6) is 0 Å². The molecule has 0 saturated heterocycles. The summed E-state index contributed by atoms with van der Waals surface area (Å²) in [6, 6.07) is 10.9. The smallest absolute Gasteiger partial charge is 0.252 e. The SMILES string of the molecule is O=C(CCNC(=O)c1ccsc1)Nc1ccnn1Cc1ccc(Cl)cc1. The highest BCUT2D eigenvalue weighted by atomic mass is 35.5. The van der Waals surface area contributed by atoms with Crippen LogP contribution in [-0.2, 0) is 11.3 Å². The van der Waals surface area contributed by atoms with Gasteiger partial charge in [0.05, 0.1) is 12.7 Å². The Morgan fingerprint density at radius 2 is 1.96 bits per heavy atom. The van der Waals surface area contributed by atoms with Crippen molar-refractivity contribution in [2.75, 3.05) is 11.9 Å². The van der Waals surface area contributed by atoms with Gasteiger partial charge in [-0.2, -0.15) is 16.4 Å². The van der Waals surface area contributed by atoms with Crippen molar-refractivity contribution >= 4 is 40.6 Å². The summed E-state index contributed by atoms with van der Waals surface area (Å²) in [7, 11) is 0. The van der Waals surface area contributed by atoms with Gasteiger partial charge < -0.3 is 10.6 Å². The lowest BCUT2D eigenvalue weighted by atomic mass is 10.2. The number of carbonyl (C=O) groups is 2. The first-order valence-corrected chi connectivity index (χ1v) is 9.30. The molecular formula is C18H17ClN4O2S. The van der Waals surface area contributed by atoms with Crippen molar-refractivity contribution in [3.63, 3.8) is 0 Å². The zero-order valence-electron chi connectivity index (χ0n) is 13.8. The fourth-order valence-corrected chi connectivity index (χ4v) is 3.08. The summed E-state index contributed by atoms with van der Waals surface area (Å²) in [5, 5.41) is 14.1. The number of benzene rings is 1. The number of nitrogens with zero attached hydrogens (tertiary/aromatic N) is 2. The molecule has 0 saturated carbocycles. The van der Waals surface area contributed by atoms with Crippen molar-refractivity contribution < 1.29 is 9.59 Å². The van der Waals surface area contributed by atoms with E-state index in [0.717, 1.165) is 5.56 Å². The quantitative estimate of drug-likeness (QED) is 0.651.